The summed E-state index contributed by atoms with van der Waals surface area (Å²) in [6, 6.07) is 18.0. The Hall–Kier alpha value is -2.86. The molecule has 0 bridgehead atoms. The smallest absolute Gasteiger partial charge is 0.222 e. The van der Waals surface area contributed by atoms with Crippen LogP contribution in [0.4, 0.5) is 0 Å². The average Bonchev–Trinajstić information content (AvgIpc) is 3.27. The number of hydrogen-bond donors (Lipinski definition) is 2. The van der Waals surface area contributed by atoms with Crippen molar-refractivity contribution in [1.82, 2.24) is 15.7 Å². The monoisotopic (exact) mass is 380 g/mol. The molecular weight excluding hydrogens is 352 g/mol. The minimum absolute atomic E-state index is 0.155. The highest BCUT2D eigenvalue weighted by Crippen LogP contribution is 2.09. The van der Waals surface area contributed by atoms with Crippen LogP contribution in [-0.2, 0) is 11.2 Å². The number of hydroxylamine groups is 1. The highest BCUT2D eigenvalue weighted by Gasteiger charge is 2.10. The molecule has 0 unspecified atom stereocenters. The number of likely N-dealkylation sites (N-methyl/N-ethyl adjacent to an activating group) is 1. The zero-order chi connectivity index (χ0) is 19.6. The molecule has 1 amide bonds. The molecule has 0 fully saturated rings. The van der Waals surface area contributed by atoms with Crippen molar-refractivity contribution in [3.05, 3.63) is 65.7 Å². The molecule has 0 radical (unpaired) electrons. The van der Waals surface area contributed by atoms with Gasteiger partial charge in [0, 0.05) is 38.7 Å². The van der Waals surface area contributed by atoms with Gasteiger partial charge < -0.3 is 15.1 Å². The van der Waals surface area contributed by atoms with E-state index in [1.165, 1.54) is 5.56 Å². The first-order valence-electron chi connectivity index (χ1n) is 9.79. The lowest BCUT2D eigenvalue weighted by Crippen LogP contribution is -2.29. The molecule has 2 N–H and O–H groups in total. The number of nitrogens with zero attached hydrogens (tertiary/aromatic N) is 2. The minimum Gasteiger partial charge on any atom is -0.409 e. The molecule has 0 aliphatic carbocycles. The van der Waals surface area contributed by atoms with Crippen LogP contribution in [0.5, 0.6) is 5.75 Å². The molecule has 0 spiro atoms. The van der Waals surface area contributed by atoms with E-state index in [2.05, 4.69) is 40.1 Å². The Labute approximate surface area is 166 Å². The zero-order valence-corrected chi connectivity index (χ0v) is 16.4. The highest BCUT2D eigenvalue weighted by atomic mass is 16.6. The summed E-state index contributed by atoms with van der Waals surface area (Å²) in [5.74, 6) is 1.90. The van der Waals surface area contributed by atoms with Crippen molar-refractivity contribution in [2.75, 3.05) is 33.2 Å². The maximum Gasteiger partial charge on any atom is 0.222 e. The Morgan fingerprint density at radius 2 is 1.96 bits per heavy atom. The summed E-state index contributed by atoms with van der Waals surface area (Å²) in [5.41, 5.74) is 5.24. The van der Waals surface area contributed by atoms with Crippen LogP contribution in [0.25, 0.3) is 0 Å². The van der Waals surface area contributed by atoms with Crippen molar-refractivity contribution < 1.29 is 9.63 Å². The van der Waals surface area contributed by atoms with Crippen LogP contribution in [0.3, 0.4) is 0 Å². The Bertz CT molecular complexity index is 775. The third kappa shape index (κ3) is 6.09. The van der Waals surface area contributed by atoms with Gasteiger partial charge in [-0.2, -0.15) is 5.48 Å². The molecule has 2 aromatic rings. The van der Waals surface area contributed by atoms with Gasteiger partial charge in [0.05, 0.1) is 6.54 Å². The molecule has 0 atom stereocenters. The fourth-order valence-corrected chi connectivity index (χ4v) is 2.97. The number of hydrogen-bond acceptors (Lipinski definition) is 5. The molecule has 1 heterocycles. The van der Waals surface area contributed by atoms with E-state index >= 15 is 0 Å². The fraction of sp³-hybridized carbons (Fsp3) is 0.364. The molecular formula is C22H28N4O2. The molecule has 3 rings (SSSR count). The highest BCUT2D eigenvalue weighted by molar-refractivity contribution is 5.99. The number of amides is 1. The maximum absolute atomic E-state index is 12.3. The lowest BCUT2D eigenvalue weighted by molar-refractivity contribution is -0.130. The largest absolute Gasteiger partial charge is 0.409 e. The molecule has 28 heavy (non-hydrogen) atoms. The lowest BCUT2D eigenvalue weighted by Gasteiger charge is -2.17. The van der Waals surface area contributed by atoms with Gasteiger partial charge in [-0.05, 0) is 30.5 Å². The second-order valence-corrected chi connectivity index (χ2v) is 6.83. The number of carbonyl (C=O) groups excluding carboxylic acids is 1. The average molecular weight is 380 g/mol. The van der Waals surface area contributed by atoms with Crippen molar-refractivity contribution >= 4 is 11.7 Å². The van der Waals surface area contributed by atoms with E-state index < -0.39 is 0 Å². The van der Waals surface area contributed by atoms with Crippen LogP contribution in [0.1, 0.15) is 24.0 Å². The van der Waals surface area contributed by atoms with Crippen LogP contribution >= 0.6 is 0 Å². The maximum atomic E-state index is 12.3. The van der Waals surface area contributed by atoms with Crippen LogP contribution in [0, 0.1) is 0 Å². The van der Waals surface area contributed by atoms with E-state index in [4.69, 9.17) is 4.84 Å². The summed E-state index contributed by atoms with van der Waals surface area (Å²) >= 11 is 0. The van der Waals surface area contributed by atoms with Gasteiger partial charge in [0.2, 0.25) is 5.91 Å². The van der Waals surface area contributed by atoms with Crippen molar-refractivity contribution in [2.24, 2.45) is 4.99 Å². The standard InChI is InChI=1S/C22H28N4O2/c1-26(21(27)8-5-14-25-28-20-6-3-2-4-7-20)17-13-18-9-11-19(12-10-18)22-23-15-16-24-22/h2-4,6-7,9-12,25H,5,8,13-17H2,1H3,(H,23,24). The Kier molecular flexibility index (Phi) is 7.44. The summed E-state index contributed by atoms with van der Waals surface area (Å²) < 4.78 is 0. The van der Waals surface area contributed by atoms with Crippen molar-refractivity contribution in [3.63, 3.8) is 0 Å². The molecule has 0 aromatic heterocycles. The molecule has 1 aliphatic heterocycles. The number of aliphatic imine (C=N–C) groups is 1. The summed E-state index contributed by atoms with van der Waals surface area (Å²) in [6.45, 7) is 3.11. The van der Waals surface area contributed by atoms with Gasteiger partial charge in [-0.1, -0.05) is 42.5 Å². The second-order valence-electron chi connectivity index (χ2n) is 6.83. The summed E-state index contributed by atoms with van der Waals surface area (Å²) in [7, 11) is 1.86. The van der Waals surface area contributed by atoms with Gasteiger partial charge in [-0.25, -0.2) is 0 Å². The van der Waals surface area contributed by atoms with E-state index in [0.717, 1.165) is 43.1 Å². The van der Waals surface area contributed by atoms with E-state index in [1.54, 1.807) is 4.90 Å². The first kappa shape index (κ1) is 19.9. The van der Waals surface area contributed by atoms with Crippen LogP contribution in [0.15, 0.2) is 59.6 Å². The molecule has 2 aromatic carbocycles. The zero-order valence-electron chi connectivity index (χ0n) is 16.4. The number of amidine groups is 1. The number of rotatable bonds is 10. The van der Waals surface area contributed by atoms with Gasteiger partial charge in [-0.3, -0.25) is 9.79 Å². The molecule has 0 saturated heterocycles. The van der Waals surface area contributed by atoms with E-state index in [9.17, 15) is 4.79 Å². The summed E-state index contributed by atoms with van der Waals surface area (Å²) in [4.78, 5) is 23.9. The van der Waals surface area contributed by atoms with E-state index in [0.29, 0.717) is 19.5 Å². The minimum atomic E-state index is 0.155. The van der Waals surface area contributed by atoms with Crippen molar-refractivity contribution in [2.45, 2.75) is 19.3 Å². The number of nitrogens with one attached hydrogen (secondary N) is 2. The molecule has 6 heteroatoms. The molecule has 1 aliphatic rings. The first-order valence-corrected chi connectivity index (χ1v) is 9.79. The number of para-hydroxylation sites is 1. The number of carbonyl (C=O) groups is 1. The first-order chi connectivity index (χ1) is 13.7. The lowest BCUT2D eigenvalue weighted by atomic mass is 10.1. The van der Waals surface area contributed by atoms with Crippen molar-refractivity contribution in [1.29, 1.82) is 0 Å². The predicted molar refractivity (Wildman–Crippen MR) is 111 cm³/mol. The number of benzene rings is 2. The van der Waals surface area contributed by atoms with E-state index in [1.807, 2.05) is 37.4 Å². The van der Waals surface area contributed by atoms with Gasteiger partial charge in [0.25, 0.3) is 0 Å². The second kappa shape index (κ2) is 10.5. The molecule has 148 valence electrons. The van der Waals surface area contributed by atoms with Gasteiger partial charge >= 0.3 is 0 Å². The third-order valence-corrected chi connectivity index (χ3v) is 4.67. The van der Waals surface area contributed by atoms with Crippen LogP contribution < -0.4 is 15.6 Å². The Morgan fingerprint density at radius 3 is 2.68 bits per heavy atom. The summed E-state index contributed by atoms with van der Waals surface area (Å²) in [5, 5.41) is 3.28. The molecule has 6 nitrogen and oxygen atoms in total. The third-order valence-electron chi connectivity index (χ3n) is 4.67. The molecule has 0 saturated carbocycles. The SMILES string of the molecule is CN(CCc1ccc(C2=NCCN2)cc1)C(=O)CCCNOc1ccccc1. The van der Waals surface area contributed by atoms with Crippen LogP contribution in [-0.4, -0.2) is 49.9 Å². The topological polar surface area (TPSA) is 66.0 Å². The van der Waals surface area contributed by atoms with Gasteiger partial charge in [0.15, 0.2) is 0 Å². The van der Waals surface area contributed by atoms with Crippen LogP contribution in [0.2, 0.25) is 0 Å². The normalized spacial score (nSPS) is 13.0. The fourth-order valence-electron chi connectivity index (χ4n) is 2.97. The Balaban J connectivity index is 1.31. The van der Waals surface area contributed by atoms with Gasteiger partial charge in [0.1, 0.15) is 11.6 Å². The Morgan fingerprint density at radius 1 is 1.18 bits per heavy atom. The quantitative estimate of drug-likeness (QED) is 0.491. The summed E-state index contributed by atoms with van der Waals surface area (Å²) in [6.07, 6.45) is 2.09. The predicted octanol–water partition coefficient (Wildman–Crippen LogP) is 2.40. The van der Waals surface area contributed by atoms with E-state index in [-0.39, 0.29) is 5.91 Å². The van der Waals surface area contributed by atoms with Crippen molar-refractivity contribution in [3.8, 4) is 5.75 Å². The van der Waals surface area contributed by atoms with Gasteiger partial charge in [-0.15, -0.1) is 0 Å².